The molecule has 2 atom stereocenters. The van der Waals surface area contributed by atoms with E-state index in [4.69, 9.17) is 5.73 Å². The summed E-state index contributed by atoms with van der Waals surface area (Å²) in [5.41, 5.74) is 4.90. The molecule has 1 rings (SSSR count). The Morgan fingerprint density at radius 3 is 2.21 bits per heavy atom. The zero-order valence-corrected chi connectivity index (χ0v) is 11.6. The van der Waals surface area contributed by atoms with Crippen LogP contribution >= 0.6 is 12.4 Å². The van der Waals surface area contributed by atoms with Crippen LogP contribution in [0.4, 0.5) is 13.2 Å². The van der Waals surface area contributed by atoms with Gasteiger partial charge in [0.05, 0.1) is 17.7 Å². The number of aliphatic hydroxyl groups is 1. The molecule has 0 heterocycles. The lowest BCUT2D eigenvalue weighted by molar-refractivity contribution is -0.138. The van der Waals surface area contributed by atoms with Crippen LogP contribution < -0.4 is 5.73 Å². The third kappa shape index (κ3) is 5.01. The van der Waals surface area contributed by atoms with Crippen molar-refractivity contribution in [1.29, 1.82) is 0 Å². The van der Waals surface area contributed by atoms with Crippen molar-refractivity contribution in [3.8, 4) is 0 Å². The standard InChI is InChI=1S/C13H18F3NO.ClH/c1-8(2)7-11(18)12(17)9-5-3-4-6-10(9)13(14,15)16;/h3-6,8,11-12,18H,7,17H2,1-2H3;1H/t11-,12+;/m1./s1. The maximum Gasteiger partial charge on any atom is 0.416 e. The van der Waals surface area contributed by atoms with Gasteiger partial charge in [0.15, 0.2) is 0 Å². The highest BCUT2D eigenvalue weighted by Crippen LogP contribution is 2.35. The molecule has 6 heteroatoms. The molecule has 0 bridgehead atoms. The second-order valence-electron chi connectivity index (χ2n) is 4.81. The average Bonchev–Trinajstić information content (AvgIpc) is 2.26. The van der Waals surface area contributed by atoms with E-state index in [0.717, 1.165) is 6.07 Å². The van der Waals surface area contributed by atoms with Crippen LogP contribution in [0.2, 0.25) is 0 Å². The first-order valence-electron chi connectivity index (χ1n) is 5.83. The third-order valence-corrected chi connectivity index (χ3v) is 2.75. The minimum atomic E-state index is -4.45. The second kappa shape index (κ2) is 7.12. The lowest BCUT2D eigenvalue weighted by atomic mass is 9.92. The highest BCUT2D eigenvalue weighted by atomic mass is 35.5. The Kier molecular flexibility index (Phi) is 6.83. The molecule has 0 spiro atoms. The molecule has 0 radical (unpaired) electrons. The number of halogens is 4. The van der Waals surface area contributed by atoms with Crippen molar-refractivity contribution in [2.24, 2.45) is 11.7 Å². The highest BCUT2D eigenvalue weighted by molar-refractivity contribution is 5.85. The van der Waals surface area contributed by atoms with Gasteiger partial charge in [0.2, 0.25) is 0 Å². The molecule has 0 amide bonds. The normalized spacial score (nSPS) is 14.9. The third-order valence-electron chi connectivity index (χ3n) is 2.75. The molecule has 3 N–H and O–H groups in total. The summed E-state index contributed by atoms with van der Waals surface area (Å²) in [5.74, 6) is 0.170. The largest absolute Gasteiger partial charge is 0.416 e. The van der Waals surface area contributed by atoms with Crippen molar-refractivity contribution < 1.29 is 18.3 Å². The van der Waals surface area contributed by atoms with Crippen molar-refractivity contribution >= 4 is 12.4 Å². The summed E-state index contributed by atoms with van der Waals surface area (Å²) < 4.78 is 38.4. The fourth-order valence-electron chi connectivity index (χ4n) is 1.88. The number of alkyl halides is 3. The quantitative estimate of drug-likeness (QED) is 0.893. The fraction of sp³-hybridized carbons (Fsp3) is 0.538. The number of hydrogen-bond donors (Lipinski definition) is 2. The van der Waals surface area contributed by atoms with E-state index in [1.54, 1.807) is 0 Å². The summed E-state index contributed by atoms with van der Waals surface area (Å²) in [5, 5.41) is 9.84. The van der Waals surface area contributed by atoms with Gasteiger partial charge in [0.1, 0.15) is 0 Å². The van der Waals surface area contributed by atoms with Crippen molar-refractivity contribution in [3.63, 3.8) is 0 Å². The van der Waals surface area contributed by atoms with Crippen molar-refractivity contribution in [1.82, 2.24) is 0 Å². The Labute approximate surface area is 117 Å². The SMILES string of the molecule is CC(C)C[C@@H](O)[C@@H](N)c1ccccc1C(F)(F)F.Cl. The summed E-state index contributed by atoms with van der Waals surface area (Å²) >= 11 is 0. The molecule has 2 nitrogen and oxygen atoms in total. The molecular weight excluding hydrogens is 279 g/mol. The second-order valence-corrected chi connectivity index (χ2v) is 4.81. The van der Waals surface area contributed by atoms with Gasteiger partial charge in [0.25, 0.3) is 0 Å². The number of rotatable bonds is 4. The van der Waals surface area contributed by atoms with Gasteiger partial charge in [-0.15, -0.1) is 12.4 Å². The first kappa shape index (κ1) is 18.2. The number of hydrogen-bond acceptors (Lipinski definition) is 2. The molecule has 0 aliphatic heterocycles. The molecule has 0 unspecified atom stereocenters. The van der Waals surface area contributed by atoms with Crippen molar-refractivity contribution in [2.45, 2.75) is 38.6 Å². The smallest absolute Gasteiger partial charge is 0.391 e. The summed E-state index contributed by atoms with van der Waals surface area (Å²) in [6.07, 6.45) is -5.06. The van der Waals surface area contributed by atoms with E-state index < -0.39 is 23.9 Å². The molecule has 19 heavy (non-hydrogen) atoms. The van der Waals surface area contributed by atoms with Gasteiger partial charge in [-0.05, 0) is 24.0 Å². The van der Waals surface area contributed by atoms with Crippen LogP contribution in [0, 0.1) is 5.92 Å². The van der Waals surface area contributed by atoms with Crippen LogP contribution in [0.25, 0.3) is 0 Å². The van der Waals surface area contributed by atoms with Gasteiger partial charge in [-0.3, -0.25) is 0 Å². The van der Waals surface area contributed by atoms with Crippen molar-refractivity contribution in [3.05, 3.63) is 35.4 Å². The van der Waals surface area contributed by atoms with Crippen LogP contribution in [-0.4, -0.2) is 11.2 Å². The van der Waals surface area contributed by atoms with E-state index in [1.165, 1.54) is 18.2 Å². The molecule has 0 aliphatic carbocycles. The van der Waals surface area contributed by atoms with E-state index in [0.29, 0.717) is 6.42 Å². The van der Waals surface area contributed by atoms with Gasteiger partial charge < -0.3 is 10.8 Å². The highest BCUT2D eigenvalue weighted by Gasteiger charge is 2.35. The molecule has 0 aromatic heterocycles. The minimum absolute atomic E-state index is 0. The molecule has 1 aromatic rings. The molecule has 1 aromatic carbocycles. The monoisotopic (exact) mass is 297 g/mol. The Hall–Kier alpha value is -0.780. The van der Waals surface area contributed by atoms with E-state index in [-0.39, 0.29) is 23.9 Å². The van der Waals surface area contributed by atoms with Gasteiger partial charge in [-0.2, -0.15) is 13.2 Å². The number of aliphatic hydroxyl groups excluding tert-OH is 1. The van der Waals surface area contributed by atoms with Crippen molar-refractivity contribution in [2.75, 3.05) is 0 Å². The van der Waals surface area contributed by atoms with E-state index in [9.17, 15) is 18.3 Å². The van der Waals surface area contributed by atoms with E-state index in [1.807, 2.05) is 13.8 Å². The Morgan fingerprint density at radius 2 is 1.74 bits per heavy atom. The summed E-state index contributed by atoms with van der Waals surface area (Å²) in [7, 11) is 0. The lowest BCUT2D eigenvalue weighted by Gasteiger charge is -2.23. The molecular formula is C13H19ClF3NO. The zero-order chi connectivity index (χ0) is 13.9. The zero-order valence-electron chi connectivity index (χ0n) is 10.8. The maximum atomic E-state index is 12.8. The van der Waals surface area contributed by atoms with Gasteiger partial charge in [-0.1, -0.05) is 32.0 Å². The Morgan fingerprint density at radius 1 is 1.21 bits per heavy atom. The van der Waals surface area contributed by atoms with Crippen LogP contribution in [0.15, 0.2) is 24.3 Å². The van der Waals surface area contributed by atoms with Crippen LogP contribution in [0.3, 0.4) is 0 Å². The molecule has 0 saturated carbocycles. The Balaban J connectivity index is 0.00000324. The van der Waals surface area contributed by atoms with E-state index >= 15 is 0 Å². The first-order chi connectivity index (χ1) is 8.23. The fourth-order valence-corrected chi connectivity index (χ4v) is 1.88. The van der Waals surface area contributed by atoms with Gasteiger partial charge >= 0.3 is 6.18 Å². The minimum Gasteiger partial charge on any atom is -0.391 e. The van der Waals surface area contributed by atoms with Gasteiger partial charge in [0, 0.05) is 0 Å². The lowest BCUT2D eigenvalue weighted by Crippen LogP contribution is -2.29. The van der Waals surface area contributed by atoms with Crippen LogP contribution in [-0.2, 0) is 6.18 Å². The molecule has 0 saturated heterocycles. The molecule has 110 valence electrons. The topological polar surface area (TPSA) is 46.2 Å². The first-order valence-corrected chi connectivity index (χ1v) is 5.83. The maximum absolute atomic E-state index is 12.8. The Bertz CT molecular complexity index is 396. The number of benzene rings is 1. The summed E-state index contributed by atoms with van der Waals surface area (Å²) in [4.78, 5) is 0. The van der Waals surface area contributed by atoms with Crippen LogP contribution in [0.5, 0.6) is 0 Å². The van der Waals surface area contributed by atoms with Gasteiger partial charge in [-0.25, -0.2) is 0 Å². The predicted molar refractivity (Wildman–Crippen MR) is 71.1 cm³/mol. The molecule has 0 aliphatic rings. The summed E-state index contributed by atoms with van der Waals surface area (Å²) in [6, 6.07) is 4.08. The van der Waals surface area contributed by atoms with Crippen LogP contribution in [0.1, 0.15) is 37.4 Å². The average molecular weight is 298 g/mol. The molecule has 0 fully saturated rings. The van der Waals surface area contributed by atoms with E-state index in [2.05, 4.69) is 0 Å². The number of nitrogens with two attached hydrogens (primary N) is 1. The summed E-state index contributed by atoms with van der Waals surface area (Å²) in [6.45, 7) is 3.76. The predicted octanol–water partition coefficient (Wildman–Crippen LogP) is 3.53.